The number of rotatable bonds is 1. The molecule has 1 fully saturated rings. The van der Waals surface area contributed by atoms with Gasteiger partial charge in [-0.05, 0) is 39.2 Å². The first-order valence-corrected chi connectivity index (χ1v) is 5.91. The van der Waals surface area contributed by atoms with E-state index in [9.17, 15) is 4.79 Å². The normalized spacial score (nSPS) is 21.2. The minimum atomic E-state index is 0.121. The SMILES string of the molecule is Cc1cc(C(=O)N2CCCC[C@@H]2C)n(C)n1. The lowest BCUT2D eigenvalue weighted by atomic mass is 10.0. The number of carbonyl (C=O) groups is 1. The van der Waals surface area contributed by atoms with Crippen LogP contribution in [0.4, 0.5) is 0 Å². The number of amides is 1. The van der Waals surface area contributed by atoms with Crippen LogP contribution in [-0.4, -0.2) is 33.2 Å². The summed E-state index contributed by atoms with van der Waals surface area (Å²) in [5.74, 6) is 0.121. The maximum atomic E-state index is 12.3. The Morgan fingerprint density at radius 2 is 2.25 bits per heavy atom. The molecular weight excluding hydrogens is 202 g/mol. The lowest BCUT2D eigenvalue weighted by Gasteiger charge is -2.33. The number of hydrogen-bond acceptors (Lipinski definition) is 2. The molecular formula is C12H19N3O. The third-order valence-electron chi connectivity index (χ3n) is 3.28. The van der Waals surface area contributed by atoms with Crippen molar-refractivity contribution in [2.45, 2.75) is 39.2 Å². The summed E-state index contributed by atoms with van der Waals surface area (Å²) in [4.78, 5) is 14.3. The second kappa shape index (κ2) is 4.28. The Hall–Kier alpha value is -1.32. The molecule has 16 heavy (non-hydrogen) atoms. The van der Waals surface area contributed by atoms with Crippen LogP contribution in [0, 0.1) is 6.92 Å². The number of piperidine rings is 1. The highest BCUT2D eigenvalue weighted by Crippen LogP contribution is 2.19. The fourth-order valence-electron chi connectivity index (χ4n) is 2.36. The van der Waals surface area contributed by atoms with Crippen molar-refractivity contribution < 1.29 is 4.79 Å². The molecule has 1 aromatic rings. The van der Waals surface area contributed by atoms with Gasteiger partial charge in [-0.2, -0.15) is 5.10 Å². The fourth-order valence-corrected chi connectivity index (χ4v) is 2.36. The number of aryl methyl sites for hydroxylation is 2. The fraction of sp³-hybridized carbons (Fsp3) is 0.667. The Morgan fingerprint density at radius 1 is 1.50 bits per heavy atom. The van der Waals surface area contributed by atoms with Gasteiger partial charge >= 0.3 is 0 Å². The molecule has 2 heterocycles. The van der Waals surface area contributed by atoms with Crippen LogP contribution in [0.2, 0.25) is 0 Å². The Morgan fingerprint density at radius 3 is 2.81 bits per heavy atom. The molecule has 0 unspecified atom stereocenters. The Balaban J connectivity index is 2.21. The molecule has 0 bridgehead atoms. The molecule has 0 spiro atoms. The maximum Gasteiger partial charge on any atom is 0.272 e. The van der Waals surface area contributed by atoms with Gasteiger partial charge in [0.2, 0.25) is 0 Å². The summed E-state index contributed by atoms with van der Waals surface area (Å²) in [5.41, 5.74) is 1.60. The summed E-state index contributed by atoms with van der Waals surface area (Å²) in [7, 11) is 1.83. The van der Waals surface area contributed by atoms with Crippen molar-refractivity contribution in [2.75, 3.05) is 6.54 Å². The van der Waals surface area contributed by atoms with Crippen molar-refractivity contribution in [3.8, 4) is 0 Å². The number of aromatic nitrogens is 2. The molecule has 1 amide bonds. The van der Waals surface area contributed by atoms with Crippen LogP contribution in [0.15, 0.2) is 6.07 Å². The molecule has 1 aliphatic heterocycles. The smallest absolute Gasteiger partial charge is 0.272 e. The quantitative estimate of drug-likeness (QED) is 0.724. The molecule has 1 aromatic heterocycles. The third kappa shape index (κ3) is 1.96. The van der Waals surface area contributed by atoms with Gasteiger partial charge in [0.25, 0.3) is 5.91 Å². The summed E-state index contributed by atoms with van der Waals surface area (Å²) in [6, 6.07) is 2.22. The van der Waals surface area contributed by atoms with Crippen LogP contribution in [0.1, 0.15) is 42.4 Å². The first-order chi connectivity index (χ1) is 7.59. The average Bonchev–Trinajstić information content (AvgIpc) is 2.58. The van der Waals surface area contributed by atoms with Crippen molar-refractivity contribution in [1.29, 1.82) is 0 Å². The molecule has 1 atom stereocenters. The molecule has 0 aliphatic carbocycles. The zero-order chi connectivity index (χ0) is 11.7. The van der Waals surface area contributed by atoms with Gasteiger partial charge in [-0.3, -0.25) is 9.48 Å². The molecule has 4 heteroatoms. The zero-order valence-electron chi connectivity index (χ0n) is 10.2. The first-order valence-electron chi connectivity index (χ1n) is 5.91. The third-order valence-corrected chi connectivity index (χ3v) is 3.28. The van der Waals surface area contributed by atoms with Crippen molar-refractivity contribution >= 4 is 5.91 Å². The molecule has 1 aliphatic rings. The van der Waals surface area contributed by atoms with E-state index >= 15 is 0 Å². The van der Waals surface area contributed by atoms with Crippen molar-refractivity contribution in [3.63, 3.8) is 0 Å². The van der Waals surface area contributed by atoms with Gasteiger partial charge in [-0.15, -0.1) is 0 Å². The summed E-state index contributed by atoms with van der Waals surface area (Å²) < 4.78 is 1.68. The van der Waals surface area contributed by atoms with Crippen LogP contribution < -0.4 is 0 Å². The standard InChI is InChI=1S/C12H19N3O/c1-9-8-11(14(3)13-9)12(16)15-7-5-4-6-10(15)2/h8,10H,4-7H2,1-3H3/t10-/m0/s1. The Kier molecular flexibility index (Phi) is 2.99. The molecule has 4 nitrogen and oxygen atoms in total. The molecule has 88 valence electrons. The lowest BCUT2D eigenvalue weighted by Crippen LogP contribution is -2.42. The number of hydrogen-bond donors (Lipinski definition) is 0. The van der Waals surface area contributed by atoms with Crippen molar-refractivity contribution in [3.05, 3.63) is 17.5 Å². The first kappa shape index (κ1) is 11.2. The number of carbonyl (C=O) groups excluding carboxylic acids is 1. The highest BCUT2D eigenvalue weighted by Gasteiger charge is 2.26. The lowest BCUT2D eigenvalue weighted by molar-refractivity contribution is 0.0624. The largest absolute Gasteiger partial charge is 0.335 e. The van der Waals surface area contributed by atoms with E-state index in [1.54, 1.807) is 4.68 Å². The van der Waals surface area contributed by atoms with Gasteiger partial charge in [0, 0.05) is 19.6 Å². The van der Waals surface area contributed by atoms with E-state index in [-0.39, 0.29) is 5.91 Å². The summed E-state index contributed by atoms with van der Waals surface area (Å²) in [5, 5.41) is 4.22. The second-order valence-corrected chi connectivity index (χ2v) is 4.64. The second-order valence-electron chi connectivity index (χ2n) is 4.64. The van der Waals surface area contributed by atoms with Gasteiger partial charge < -0.3 is 4.90 Å². The average molecular weight is 221 g/mol. The molecule has 0 radical (unpaired) electrons. The molecule has 0 N–H and O–H groups in total. The van der Waals surface area contributed by atoms with Crippen LogP contribution >= 0.6 is 0 Å². The van der Waals surface area contributed by atoms with E-state index in [4.69, 9.17) is 0 Å². The van der Waals surface area contributed by atoms with Gasteiger partial charge in [-0.25, -0.2) is 0 Å². The van der Waals surface area contributed by atoms with E-state index in [0.29, 0.717) is 11.7 Å². The topological polar surface area (TPSA) is 38.1 Å². The monoisotopic (exact) mass is 221 g/mol. The van der Waals surface area contributed by atoms with Gasteiger partial charge in [0.15, 0.2) is 0 Å². The van der Waals surface area contributed by atoms with Crippen LogP contribution in [0.5, 0.6) is 0 Å². The molecule has 0 aromatic carbocycles. The van der Waals surface area contributed by atoms with E-state index < -0.39 is 0 Å². The van der Waals surface area contributed by atoms with Gasteiger partial charge in [0.05, 0.1) is 5.69 Å². The zero-order valence-corrected chi connectivity index (χ0v) is 10.2. The molecule has 1 saturated heterocycles. The predicted octanol–water partition coefficient (Wildman–Crippen LogP) is 1.74. The van der Waals surface area contributed by atoms with Gasteiger partial charge in [-0.1, -0.05) is 0 Å². The maximum absolute atomic E-state index is 12.3. The van der Waals surface area contributed by atoms with E-state index in [2.05, 4.69) is 12.0 Å². The van der Waals surface area contributed by atoms with Crippen LogP contribution in [-0.2, 0) is 7.05 Å². The van der Waals surface area contributed by atoms with Crippen molar-refractivity contribution in [2.24, 2.45) is 7.05 Å². The summed E-state index contributed by atoms with van der Waals surface area (Å²) >= 11 is 0. The highest BCUT2D eigenvalue weighted by molar-refractivity contribution is 5.93. The summed E-state index contributed by atoms with van der Waals surface area (Å²) in [6.07, 6.45) is 3.46. The molecule has 0 saturated carbocycles. The van der Waals surface area contributed by atoms with Crippen LogP contribution in [0.25, 0.3) is 0 Å². The number of nitrogens with zero attached hydrogens (tertiary/aromatic N) is 3. The van der Waals surface area contributed by atoms with Crippen molar-refractivity contribution in [1.82, 2.24) is 14.7 Å². The van der Waals surface area contributed by atoms with E-state index in [1.807, 2.05) is 24.9 Å². The predicted molar refractivity (Wildman–Crippen MR) is 62.3 cm³/mol. The Bertz CT molecular complexity index is 397. The molecule has 2 rings (SSSR count). The number of likely N-dealkylation sites (tertiary alicyclic amines) is 1. The minimum Gasteiger partial charge on any atom is -0.335 e. The van der Waals surface area contributed by atoms with Crippen LogP contribution in [0.3, 0.4) is 0 Å². The summed E-state index contributed by atoms with van der Waals surface area (Å²) in [6.45, 7) is 4.92. The Labute approximate surface area is 96.2 Å². The van der Waals surface area contributed by atoms with E-state index in [1.165, 1.54) is 6.42 Å². The van der Waals surface area contributed by atoms with Gasteiger partial charge in [0.1, 0.15) is 5.69 Å². The minimum absolute atomic E-state index is 0.121. The van der Waals surface area contributed by atoms with E-state index in [0.717, 1.165) is 25.1 Å². The highest BCUT2D eigenvalue weighted by atomic mass is 16.2.